The standard InChI is InChI=1S/C11H20O2.C7H4N2O6.C4H9NO2/c1-11(2,3)9-6-4-8(5-7-9)10(12)13;10-7(11)4-1-5(8(12)13)3-6(2-4)9(14)15;1-2-3(5)4(6)7/h8-9H,4-7H2,1-3H3,(H,12,13);1-3H,(H,10,11);3H,2,5H2,1H3,(H,6,7). The number of hydrogen-bond donors (Lipinski definition) is 4. The fourth-order valence-electron chi connectivity index (χ4n) is 3.31. The van der Waals surface area contributed by atoms with Crippen molar-refractivity contribution in [2.75, 3.05) is 0 Å². The van der Waals surface area contributed by atoms with Crippen molar-refractivity contribution in [2.24, 2.45) is 23.0 Å². The fraction of sp³-hybridized carbons (Fsp3) is 0.591. The lowest BCUT2D eigenvalue weighted by atomic mass is 9.70. The van der Waals surface area contributed by atoms with Gasteiger partial charge in [-0.05, 0) is 43.4 Å². The Morgan fingerprint density at radius 1 is 0.971 bits per heavy atom. The third-order valence-electron chi connectivity index (χ3n) is 5.63. The fourth-order valence-corrected chi connectivity index (χ4v) is 3.31. The van der Waals surface area contributed by atoms with Crippen molar-refractivity contribution >= 4 is 29.3 Å². The Balaban J connectivity index is 0.000000529. The summed E-state index contributed by atoms with van der Waals surface area (Å²) in [6, 6.07) is 1.54. The van der Waals surface area contributed by atoms with Crippen LogP contribution in [0.5, 0.6) is 0 Å². The number of nitrogens with two attached hydrogens (primary N) is 1. The average molecular weight is 500 g/mol. The van der Waals surface area contributed by atoms with Crippen LogP contribution in [-0.2, 0) is 9.59 Å². The molecule has 0 radical (unpaired) electrons. The van der Waals surface area contributed by atoms with Gasteiger partial charge >= 0.3 is 17.9 Å². The molecule has 1 fully saturated rings. The summed E-state index contributed by atoms with van der Waals surface area (Å²) in [7, 11) is 0. The van der Waals surface area contributed by atoms with E-state index in [0.29, 0.717) is 23.8 Å². The number of rotatable bonds is 6. The van der Waals surface area contributed by atoms with Crippen LogP contribution in [0.4, 0.5) is 11.4 Å². The van der Waals surface area contributed by atoms with Gasteiger partial charge in [0.25, 0.3) is 11.4 Å². The van der Waals surface area contributed by atoms with Gasteiger partial charge in [-0.25, -0.2) is 4.79 Å². The first-order valence-corrected chi connectivity index (χ1v) is 10.9. The molecule has 0 spiro atoms. The summed E-state index contributed by atoms with van der Waals surface area (Å²) < 4.78 is 0. The minimum Gasteiger partial charge on any atom is -0.481 e. The van der Waals surface area contributed by atoms with Crippen molar-refractivity contribution in [3.8, 4) is 0 Å². The minimum absolute atomic E-state index is 0.0707. The predicted octanol–water partition coefficient (Wildman–Crippen LogP) is 3.93. The summed E-state index contributed by atoms with van der Waals surface area (Å²) in [5.74, 6) is -2.35. The molecule has 1 aliphatic carbocycles. The van der Waals surface area contributed by atoms with Gasteiger partial charge in [0.1, 0.15) is 6.04 Å². The van der Waals surface area contributed by atoms with Crippen LogP contribution >= 0.6 is 0 Å². The number of benzene rings is 1. The molecule has 196 valence electrons. The van der Waals surface area contributed by atoms with Crippen molar-refractivity contribution in [1.82, 2.24) is 0 Å². The second kappa shape index (κ2) is 13.9. The molecule has 0 saturated heterocycles. The molecular formula is C22H33N3O10. The maximum Gasteiger partial charge on any atom is 0.336 e. The highest BCUT2D eigenvalue weighted by Gasteiger charge is 2.32. The zero-order valence-electron chi connectivity index (χ0n) is 20.2. The number of hydrogen-bond acceptors (Lipinski definition) is 8. The lowest BCUT2D eigenvalue weighted by Crippen LogP contribution is -2.28. The van der Waals surface area contributed by atoms with Gasteiger partial charge in [-0.2, -0.15) is 0 Å². The van der Waals surface area contributed by atoms with E-state index < -0.39 is 50.7 Å². The van der Waals surface area contributed by atoms with Crippen molar-refractivity contribution in [3.63, 3.8) is 0 Å². The number of aliphatic carboxylic acids is 2. The summed E-state index contributed by atoms with van der Waals surface area (Å²) in [5, 5.41) is 46.1. The number of non-ortho nitro benzene ring substituents is 2. The van der Waals surface area contributed by atoms with E-state index >= 15 is 0 Å². The maximum atomic E-state index is 10.7. The van der Waals surface area contributed by atoms with Crippen LogP contribution in [0.15, 0.2) is 18.2 Å². The molecule has 0 heterocycles. The Labute approximate surface area is 202 Å². The molecule has 0 bridgehead atoms. The van der Waals surface area contributed by atoms with E-state index in [1.165, 1.54) is 0 Å². The Kier molecular flexibility index (Phi) is 12.5. The van der Waals surface area contributed by atoms with E-state index in [4.69, 9.17) is 21.1 Å². The number of nitro benzene ring substituents is 2. The molecule has 35 heavy (non-hydrogen) atoms. The first-order chi connectivity index (χ1) is 16.0. The highest BCUT2D eigenvalue weighted by atomic mass is 16.6. The van der Waals surface area contributed by atoms with Crippen LogP contribution in [0.1, 0.15) is 70.2 Å². The Bertz CT molecular complexity index is 840. The third kappa shape index (κ3) is 11.4. The number of carboxylic acid groups (broad SMARTS) is 3. The van der Waals surface area contributed by atoms with Gasteiger partial charge < -0.3 is 21.1 Å². The molecule has 0 aromatic heterocycles. The topological polar surface area (TPSA) is 224 Å². The van der Waals surface area contributed by atoms with Crippen molar-refractivity contribution in [3.05, 3.63) is 44.0 Å². The first kappa shape index (κ1) is 31.4. The zero-order chi connectivity index (χ0) is 27.5. The predicted molar refractivity (Wildman–Crippen MR) is 125 cm³/mol. The van der Waals surface area contributed by atoms with Gasteiger partial charge in [0.05, 0.1) is 27.4 Å². The Morgan fingerprint density at radius 3 is 1.63 bits per heavy atom. The molecule has 1 aromatic rings. The number of carboxylic acids is 3. The molecule has 1 unspecified atom stereocenters. The molecule has 0 amide bonds. The lowest BCUT2D eigenvalue weighted by molar-refractivity contribution is -0.394. The van der Waals surface area contributed by atoms with Gasteiger partial charge in [0, 0.05) is 12.1 Å². The maximum absolute atomic E-state index is 10.7. The molecule has 0 aliphatic heterocycles. The van der Waals surface area contributed by atoms with E-state index in [-0.39, 0.29) is 5.92 Å². The van der Waals surface area contributed by atoms with Crippen LogP contribution in [-0.4, -0.2) is 49.1 Å². The number of carbonyl (C=O) groups is 3. The number of aromatic carboxylic acids is 1. The van der Waals surface area contributed by atoms with Crippen LogP contribution in [0, 0.1) is 37.5 Å². The van der Waals surface area contributed by atoms with Crippen LogP contribution in [0.2, 0.25) is 0 Å². The van der Waals surface area contributed by atoms with Gasteiger partial charge in [0.15, 0.2) is 0 Å². The highest BCUT2D eigenvalue weighted by Crippen LogP contribution is 2.39. The summed E-state index contributed by atoms with van der Waals surface area (Å²) >= 11 is 0. The summed E-state index contributed by atoms with van der Waals surface area (Å²) in [6.07, 6.45) is 4.41. The second-order valence-electron chi connectivity index (χ2n) is 9.16. The van der Waals surface area contributed by atoms with E-state index in [1.54, 1.807) is 6.92 Å². The van der Waals surface area contributed by atoms with E-state index in [1.807, 2.05) is 0 Å². The normalized spacial score (nSPS) is 18.0. The quantitative estimate of drug-likeness (QED) is 0.324. The van der Waals surface area contributed by atoms with Crippen molar-refractivity contribution in [2.45, 2.75) is 65.8 Å². The summed E-state index contributed by atoms with van der Waals surface area (Å²) in [4.78, 5) is 49.9. The third-order valence-corrected chi connectivity index (χ3v) is 5.63. The van der Waals surface area contributed by atoms with Crippen LogP contribution < -0.4 is 5.73 Å². The van der Waals surface area contributed by atoms with Gasteiger partial charge in [-0.3, -0.25) is 29.8 Å². The van der Waals surface area contributed by atoms with Crippen LogP contribution in [0.3, 0.4) is 0 Å². The van der Waals surface area contributed by atoms with Crippen molar-refractivity contribution < 1.29 is 39.5 Å². The van der Waals surface area contributed by atoms with Gasteiger partial charge in [0.2, 0.25) is 0 Å². The molecule has 13 heteroatoms. The lowest BCUT2D eigenvalue weighted by Gasteiger charge is -2.35. The molecule has 13 nitrogen and oxygen atoms in total. The van der Waals surface area contributed by atoms with Crippen molar-refractivity contribution in [1.29, 1.82) is 0 Å². The van der Waals surface area contributed by atoms with E-state index in [0.717, 1.165) is 37.8 Å². The molecule has 1 saturated carbocycles. The Morgan fingerprint density at radius 2 is 1.40 bits per heavy atom. The highest BCUT2D eigenvalue weighted by molar-refractivity contribution is 5.89. The second-order valence-corrected chi connectivity index (χ2v) is 9.16. The smallest absolute Gasteiger partial charge is 0.336 e. The molecule has 5 N–H and O–H groups in total. The zero-order valence-corrected chi connectivity index (χ0v) is 20.2. The van der Waals surface area contributed by atoms with Gasteiger partial charge in [-0.15, -0.1) is 0 Å². The summed E-state index contributed by atoms with van der Waals surface area (Å²) in [5.41, 5.74) is 3.63. The molecule has 1 aromatic carbocycles. The van der Waals surface area contributed by atoms with Crippen LogP contribution in [0.25, 0.3) is 0 Å². The van der Waals surface area contributed by atoms with E-state index in [2.05, 4.69) is 20.8 Å². The number of nitro groups is 2. The first-order valence-electron chi connectivity index (χ1n) is 10.9. The Hall–Kier alpha value is -3.61. The molecule has 1 atom stereocenters. The molecule has 2 rings (SSSR count). The summed E-state index contributed by atoms with van der Waals surface area (Å²) in [6.45, 7) is 8.48. The van der Waals surface area contributed by atoms with Gasteiger partial charge in [-0.1, -0.05) is 27.7 Å². The average Bonchev–Trinajstić information content (AvgIpc) is 2.78. The number of nitrogens with zero attached hydrogens (tertiary/aromatic N) is 2. The SMILES string of the molecule is CC(C)(C)C1CCC(C(=O)O)CC1.CCC(N)C(=O)O.O=C(O)c1cc([N+](=O)[O-])cc([N+](=O)[O-])c1. The monoisotopic (exact) mass is 499 g/mol. The minimum atomic E-state index is -1.46. The van der Waals surface area contributed by atoms with E-state index in [9.17, 15) is 34.6 Å². The largest absolute Gasteiger partial charge is 0.481 e. The molecular weight excluding hydrogens is 466 g/mol. The molecule has 1 aliphatic rings.